The first kappa shape index (κ1) is 21.1. The van der Waals surface area contributed by atoms with E-state index >= 15 is 0 Å². The van der Waals surface area contributed by atoms with Crippen molar-refractivity contribution in [2.45, 2.75) is 19.1 Å². The minimum Gasteiger partial charge on any atom is -0.378 e. The molecule has 6 nitrogen and oxygen atoms in total. The number of carbonyl (C=O) groups is 1. The highest BCUT2D eigenvalue weighted by molar-refractivity contribution is 6.31. The second-order valence-electron chi connectivity index (χ2n) is 7.73. The monoisotopic (exact) mass is 429 g/mol. The fourth-order valence-corrected chi connectivity index (χ4v) is 4.16. The van der Waals surface area contributed by atoms with Crippen molar-refractivity contribution < 1.29 is 14.3 Å². The highest BCUT2D eigenvalue weighted by Crippen LogP contribution is 2.30. The number of hydrogen-bond acceptors (Lipinski definition) is 5. The highest BCUT2D eigenvalue weighted by atomic mass is 35.5. The Labute approximate surface area is 182 Å². The lowest BCUT2D eigenvalue weighted by Gasteiger charge is -2.33. The Morgan fingerprint density at radius 3 is 2.67 bits per heavy atom. The number of anilines is 2. The predicted octanol–water partition coefficient (Wildman–Crippen LogP) is 3.41. The number of amides is 1. The van der Waals surface area contributed by atoms with Crippen LogP contribution in [0.15, 0.2) is 48.5 Å². The summed E-state index contributed by atoms with van der Waals surface area (Å²) < 4.78 is 11.3. The molecule has 0 aromatic heterocycles. The molecule has 0 bridgehead atoms. The Kier molecular flexibility index (Phi) is 7.23. The van der Waals surface area contributed by atoms with Gasteiger partial charge in [-0.25, -0.2) is 0 Å². The Bertz CT molecular complexity index is 843. The molecule has 0 spiro atoms. The average Bonchev–Trinajstić information content (AvgIpc) is 2.75. The second-order valence-corrected chi connectivity index (χ2v) is 8.16. The molecule has 2 aliphatic rings. The summed E-state index contributed by atoms with van der Waals surface area (Å²) in [7, 11) is 0. The molecule has 1 unspecified atom stereocenters. The van der Waals surface area contributed by atoms with E-state index in [2.05, 4.69) is 39.4 Å². The van der Waals surface area contributed by atoms with Crippen molar-refractivity contribution in [3.05, 3.63) is 59.1 Å². The molecule has 2 aliphatic heterocycles. The number of rotatable bonds is 6. The molecule has 2 heterocycles. The Morgan fingerprint density at radius 2 is 1.87 bits per heavy atom. The Balaban J connectivity index is 1.35. The van der Waals surface area contributed by atoms with Gasteiger partial charge < -0.3 is 19.7 Å². The van der Waals surface area contributed by atoms with Gasteiger partial charge in [0.05, 0.1) is 43.7 Å². The van der Waals surface area contributed by atoms with E-state index in [1.54, 1.807) is 0 Å². The van der Waals surface area contributed by atoms with Gasteiger partial charge in [0.2, 0.25) is 5.91 Å². The first-order chi connectivity index (χ1) is 14.7. The summed E-state index contributed by atoms with van der Waals surface area (Å²) in [6.07, 6.45) is 0.203. The molecule has 160 valence electrons. The third kappa shape index (κ3) is 5.73. The van der Waals surface area contributed by atoms with E-state index in [1.165, 1.54) is 5.56 Å². The molecule has 0 saturated carbocycles. The summed E-state index contributed by atoms with van der Waals surface area (Å²) in [4.78, 5) is 17.4. The third-order valence-electron chi connectivity index (χ3n) is 5.47. The number of nitrogens with one attached hydrogen (secondary N) is 1. The van der Waals surface area contributed by atoms with Gasteiger partial charge >= 0.3 is 0 Å². The SMILES string of the molecule is O=C(CC1CN(Cc2ccccc2)CCO1)Nc1cc(Cl)ccc1N1CCOCC1. The maximum atomic E-state index is 12.8. The van der Waals surface area contributed by atoms with Gasteiger partial charge in [0.25, 0.3) is 0 Å². The topological polar surface area (TPSA) is 54.0 Å². The maximum Gasteiger partial charge on any atom is 0.227 e. The van der Waals surface area contributed by atoms with E-state index in [4.69, 9.17) is 21.1 Å². The quantitative estimate of drug-likeness (QED) is 0.762. The molecule has 4 rings (SSSR count). The van der Waals surface area contributed by atoms with Crippen LogP contribution < -0.4 is 10.2 Å². The molecule has 0 aliphatic carbocycles. The summed E-state index contributed by atoms with van der Waals surface area (Å²) >= 11 is 6.20. The van der Waals surface area contributed by atoms with Crippen molar-refractivity contribution >= 4 is 28.9 Å². The fourth-order valence-electron chi connectivity index (χ4n) is 3.99. The van der Waals surface area contributed by atoms with Gasteiger partial charge in [0.15, 0.2) is 0 Å². The highest BCUT2D eigenvalue weighted by Gasteiger charge is 2.24. The van der Waals surface area contributed by atoms with Crippen LogP contribution in [0.4, 0.5) is 11.4 Å². The first-order valence-electron chi connectivity index (χ1n) is 10.5. The van der Waals surface area contributed by atoms with E-state index in [0.717, 1.165) is 44.1 Å². The molecule has 0 radical (unpaired) electrons. The summed E-state index contributed by atoms with van der Waals surface area (Å²) in [6.45, 7) is 6.09. The van der Waals surface area contributed by atoms with Crippen molar-refractivity contribution in [2.75, 3.05) is 56.2 Å². The van der Waals surface area contributed by atoms with Crippen molar-refractivity contribution in [3.8, 4) is 0 Å². The fraction of sp³-hybridized carbons (Fsp3) is 0.435. The van der Waals surface area contributed by atoms with Crippen molar-refractivity contribution in [1.29, 1.82) is 0 Å². The van der Waals surface area contributed by atoms with Crippen molar-refractivity contribution in [3.63, 3.8) is 0 Å². The van der Waals surface area contributed by atoms with Crippen molar-refractivity contribution in [1.82, 2.24) is 4.90 Å². The number of halogens is 1. The Morgan fingerprint density at radius 1 is 1.07 bits per heavy atom. The first-order valence-corrected chi connectivity index (χ1v) is 10.8. The molecule has 1 amide bonds. The lowest BCUT2D eigenvalue weighted by molar-refractivity contribution is -0.121. The van der Waals surface area contributed by atoms with Crippen LogP contribution in [0.25, 0.3) is 0 Å². The van der Waals surface area contributed by atoms with Gasteiger partial charge in [0, 0.05) is 37.7 Å². The number of hydrogen-bond donors (Lipinski definition) is 1. The average molecular weight is 430 g/mol. The van der Waals surface area contributed by atoms with Gasteiger partial charge in [-0.1, -0.05) is 41.9 Å². The summed E-state index contributed by atoms with van der Waals surface area (Å²) in [5, 5.41) is 3.66. The second kappa shape index (κ2) is 10.3. The number of ether oxygens (including phenoxy) is 2. The molecule has 30 heavy (non-hydrogen) atoms. The van der Waals surface area contributed by atoms with Crippen LogP contribution in [0.2, 0.25) is 5.02 Å². The minimum absolute atomic E-state index is 0.0571. The van der Waals surface area contributed by atoms with Gasteiger partial charge in [-0.05, 0) is 23.8 Å². The molecule has 1 atom stereocenters. The standard InChI is InChI=1S/C23H28ClN3O3/c24-19-6-7-22(27-9-11-29-12-10-27)21(14-19)25-23(28)15-20-17-26(8-13-30-20)16-18-4-2-1-3-5-18/h1-7,14,20H,8-13,15-17H2,(H,25,28). The zero-order valence-electron chi connectivity index (χ0n) is 17.1. The predicted molar refractivity (Wildman–Crippen MR) is 119 cm³/mol. The van der Waals surface area contributed by atoms with Crippen molar-refractivity contribution in [2.24, 2.45) is 0 Å². The van der Waals surface area contributed by atoms with E-state index in [-0.39, 0.29) is 12.0 Å². The molecular formula is C23H28ClN3O3. The van der Waals surface area contributed by atoms with Crippen LogP contribution in [0.5, 0.6) is 0 Å². The molecule has 2 aromatic rings. The normalized spacial score (nSPS) is 20.2. The zero-order valence-corrected chi connectivity index (χ0v) is 17.8. The molecule has 2 saturated heterocycles. The zero-order chi connectivity index (χ0) is 20.8. The number of benzene rings is 2. The summed E-state index contributed by atoms with van der Waals surface area (Å²) in [5.74, 6) is -0.0571. The maximum absolute atomic E-state index is 12.8. The smallest absolute Gasteiger partial charge is 0.227 e. The molecule has 2 aromatic carbocycles. The van der Waals surface area contributed by atoms with E-state index in [9.17, 15) is 4.79 Å². The molecule has 7 heteroatoms. The van der Waals surface area contributed by atoms with Crippen LogP contribution in [-0.4, -0.2) is 62.9 Å². The van der Waals surface area contributed by atoms with E-state index in [1.807, 2.05) is 24.3 Å². The van der Waals surface area contributed by atoms with Gasteiger partial charge in [0.1, 0.15) is 0 Å². The molecule has 1 N–H and O–H groups in total. The van der Waals surface area contributed by atoms with Gasteiger partial charge in [-0.2, -0.15) is 0 Å². The van der Waals surface area contributed by atoms with Crippen LogP contribution in [0, 0.1) is 0 Å². The van der Waals surface area contributed by atoms with E-state index in [0.29, 0.717) is 31.3 Å². The number of nitrogens with zero attached hydrogens (tertiary/aromatic N) is 2. The third-order valence-corrected chi connectivity index (χ3v) is 5.70. The lowest BCUT2D eigenvalue weighted by Crippen LogP contribution is -2.43. The number of morpholine rings is 2. The molecular weight excluding hydrogens is 402 g/mol. The largest absolute Gasteiger partial charge is 0.378 e. The molecule has 2 fully saturated rings. The van der Waals surface area contributed by atoms with Crippen LogP contribution in [0.3, 0.4) is 0 Å². The minimum atomic E-state index is -0.117. The van der Waals surface area contributed by atoms with Gasteiger partial charge in [-0.15, -0.1) is 0 Å². The Hall–Kier alpha value is -2.12. The van der Waals surface area contributed by atoms with Crippen LogP contribution in [0.1, 0.15) is 12.0 Å². The van der Waals surface area contributed by atoms with Crippen LogP contribution in [-0.2, 0) is 20.8 Å². The summed E-state index contributed by atoms with van der Waals surface area (Å²) in [6, 6.07) is 16.0. The lowest BCUT2D eigenvalue weighted by atomic mass is 10.1. The van der Waals surface area contributed by atoms with Gasteiger partial charge in [-0.3, -0.25) is 9.69 Å². The van der Waals surface area contributed by atoms with Crippen LogP contribution >= 0.6 is 11.6 Å². The van der Waals surface area contributed by atoms with E-state index < -0.39 is 0 Å². The summed E-state index contributed by atoms with van der Waals surface area (Å²) in [5.41, 5.74) is 2.99. The number of carbonyl (C=O) groups excluding carboxylic acids is 1.